The molecule has 2 amide bonds. The van der Waals surface area contributed by atoms with Crippen LogP contribution in [-0.2, 0) is 9.53 Å². The molecule has 4 N–H and O–H groups in total. The summed E-state index contributed by atoms with van der Waals surface area (Å²) in [5, 5.41) is 22.1. The van der Waals surface area contributed by atoms with Crippen molar-refractivity contribution in [3.8, 4) is 0 Å². The second-order valence-corrected chi connectivity index (χ2v) is 4.28. The molecule has 19 heavy (non-hydrogen) atoms. The molecule has 110 valence electrons. The fourth-order valence-electron chi connectivity index (χ4n) is 1.72. The van der Waals surface area contributed by atoms with Crippen molar-refractivity contribution in [2.75, 3.05) is 46.0 Å². The number of carbonyl (C=O) groups is 2. The van der Waals surface area contributed by atoms with Crippen molar-refractivity contribution in [3.05, 3.63) is 0 Å². The van der Waals surface area contributed by atoms with Crippen LogP contribution in [0.2, 0.25) is 0 Å². The second-order valence-electron chi connectivity index (χ2n) is 4.28. The molecule has 1 aliphatic rings. The van der Waals surface area contributed by atoms with Gasteiger partial charge in [-0.25, -0.2) is 9.59 Å². The Bertz CT molecular complexity index is 294. The number of carboxylic acid groups (broad SMARTS) is 1. The number of nitrogens with one attached hydrogen (secondary N) is 2. The predicted molar refractivity (Wildman–Crippen MR) is 66.9 cm³/mol. The van der Waals surface area contributed by atoms with Crippen LogP contribution in [0.1, 0.15) is 6.42 Å². The van der Waals surface area contributed by atoms with Crippen molar-refractivity contribution in [1.29, 1.82) is 0 Å². The minimum Gasteiger partial charge on any atom is -0.480 e. The highest BCUT2D eigenvalue weighted by Gasteiger charge is 2.18. The number of urea groups is 1. The maximum absolute atomic E-state index is 11.3. The highest BCUT2D eigenvalue weighted by atomic mass is 16.5. The molecule has 1 heterocycles. The summed E-state index contributed by atoms with van der Waals surface area (Å²) in [7, 11) is 0. The third-order valence-electron chi connectivity index (χ3n) is 2.83. The van der Waals surface area contributed by atoms with E-state index in [2.05, 4.69) is 15.5 Å². The van der Waals surface area contributed by atoms with Gasteiger partial charge in [-0.1, -0.05) is 0 Å². The summed E-state index contributed by atoms with van der Waals surface area (Å²) in [6.07, 6.45) is 0.782. The SMILES string of the molecule is O=C(NCCCN1CCOCC1)N[C@@H](CO)C(=O)O. The Morgan fingerprint density at radius 2 is 2.00 bits per heavy atom. The molecule has 0 aromatic carbocycles. The average Bonchev–Trinajstić information content (AvgIpc) is 2.42. The third-order valence-corrected chi connectivity index (χ3v) is 2.83. The quantitative estimate of drug-likeness (QED) is 0.419. The molecule has 1 rings (SSSR count). The standard InChI is InChI=1S/C11H21N3O5/c15-8-9(10(16)17)13-11(18)12-2-1-3-14-4-6-19-7-5-14/h9,15H,1-8H2,(H,16,17)(H2,12,13,18)/t9-/m0/s1. The van der Waals surface area contributed by atoms with Gasteiger partial charge in [-0.3, -0.25) is 4.90 Å². The fraction of sp³-hybridized carbons (Fsp3) is 0.818. The number of morpholine rings is 1. The molecule has 1 atom stereocenters. The summed E-state index contributed by atoms with van der Waals surface area (Å²) < 4.78 is 5.22. The normalized spacial score (nSPS) is 17.7. The van der Waals surface area contributed by atoms with Gasteiger partial charge in [0.15, 0.2) is 6.04 Å². The van der Waals surface area contributed by atoms with E-state index >= 15 is 0 Å². The summed E-state index contributed by atoms with van der Waals surface area (Å²) >= 11 is 0. The van der Waals surface area contributed by atoms with Gasteiger partial charge < -0.3 is 25.6 Å². The molecule has 1 saturated heterocycles. The molecular weight excluding hydrogens is 254 g/mol. The van der Waals surface area contributed by atoms with E-state index in [9.17, 15) is 9.59 Å². The van der Waals surface area contributed by atoms with Crippen molar-refractivity contribution in [2.45, 2.75) is 12.5 Å². The first-order valence-corrected chi connectivity index (χ1v) is 6.31. The van der Waals surface area contributed by atoms with Gasteiger partial charge in [0.1, 0.15) is 0 Å². The summed E-state index contributed by atoms with van der Waals surface area (Å²) in [6.45, 7) is 3.98. The molecule has 0 bridgehead atoms. The van der Waals surface area contributed by atoms with Crippen LogP contribution in [-0.4, -0.2) is 79.2 Å². The number of amides is 2. The summed E-state index contributed by atoms with van der Waals surface area (Å²) in [4.78, 5) is 24.2. The van der Waals surface area contributed by atoms with Gasteiger partial charge in [0.05, 0.1) is 19.8 Å². The molecular formula is C11H21N3O5. The van der Waals surface area contributed by atoms with Crippen LogP contribution in [0.4, 0.5) is 4.79 Å². The first-order valence-electron chi connectivity index (χ1n) is 6.31. The lowest BCUT2D eigenvalue weighted by Crippen LogP contribution is -2.48. The number of rotatable bonds is 7. The average molecular weight is 275 g/mol. The number of aliphatic hydroxyl groups is 1. The number of hydrogen-bond acceptors (Lipinski definition) is 5. The van der Waals surface area contributed by atoms with E-state index in [-0.39, 0.29) is 0 Å². The van der Waals surface area contributed by atoms with E-state index in [4.69, 9.17) is 14.9 Å². The van der Waals surface area contributed by atoms with E-state index in [0.717, 1.165) is 39.3 Å². The lowest BCUT2D eigenvalue weighted by Gasteiger charge is -2.26. The van der Waals surface area contributed by atoms with E-state index in [1.54, 1.807) is 0 Å². The minimum absolute atomic E-state index is 0.459. The van der Waals surface area contributed by atoms with Crippen LogP contribution in [0.3, 0.4) is 0 Å². The van der Waals surface area contributed by atoms with Gasteiger partial charge >= 0.3 is 12.0 Å². The third kappa shape index (κ3) is 6.37. The predicted octanol–water partition coefficient (Wildman–Crippen LogP) is -1.55. The van der Waals surface area contributed by atoms with E-state index in [0.29, 0.717) is 6.54 Å². The number of hydrogen-bond donors (Lipinski definition) is 4. The van der Waals surface area contributed by atoms with Gasteiger partial charge in [-0.05, 0) is 13.0 Å². The fourth-order valence-corrected chi connectivity index (χ4v) is 1.72. The van der Waals surface area contributed by atoms with Gasteiger partial charge in [0, 0.05) is 19.6 Å². The molecule has 0 saturated carbocycles. The van der Waals surface area contributed by atoms with Gasteiger partial charge in [0.25, 0.3) is 0 Å². The van der Waals surface area contributed by atoms with E-state index in [1.165, 1.54) is 0 Å². The molecule has 0 spiro atoms. The number of aliphatic carboxylic acids is 1. The number of nitrogens with zero attached hydrogens (tertiary/aromatic N) is 1. The van der Waals surface area contributed by atoms with E-state index in [1.807, 2.05) is 0 Å². The molecule has 0 aromatic heterocycles. The monoisotopic (exact) mass is 275 g/mol. The lowest BCUT2D eigenvalue weighted by molar-refractivity contribution is -0.140. The van der Waals surface area contributed by atoms with Crippen LogP contribution in [0.5, 0.6) is 0 Å². The molecule has 0 radical (unpaired) electrons. The Kier molecular flexibility index (Phi) is 7.16. The molecule has 8 heteroatoms. The topological polar surface area (TPSA) is 111 Å². The van der Waals surface area contributed by atoms with Gasteiger partial charge in [-0.15, -0.1) is 0 Å². The van der Waals surface area contributed by atoms with Crippen LogP contribution < -0.4 is 10.6 Å². The van der Waals surface area contributed by atoms with Crippen molar-refractivity contribution in [2.24, 2.45) is 0 Å². The Labute approximate surface area is 111 Å². The number of carbonyl (C=O) groups excluding carboxylic acids is 1. The zero-order valence-corrected chi connectivity index (χ0v) is 10.8. The van der Waals surface area contributed by atoms with Crippen LogP contribution >= 0.6 is 0 Å². The first kappa shape index (κ1) is 15.7. The molecule has 8 nitrogen and oxygen atoms in total. The molecule has 0 unspecified atom stereocenters. The largest absolute Gasteiger partial charge is 0.480 e. The highest BCUT2D eigenvalue weighted by molar-refractivity contribution is 5.82. The second kappa shape index (κ2) is 8.68. The van der Waals surface area contributed by atoms with Crippen molar-refractivity contribution in [1.82, 2.24) is 15.5 Å². The van der Waals surface area contributed by atoms with Gasteiger partial charge in [-0.2, -0.15) is 0 Å². The zero-order valence-electron chi connectivity index (χ0n) is 10.8. The molecule has 0 aromatic rings. The van der Waals surface area contributed by atoms with Gasteiger partial charge in [0.2, 0.25) is 0 Å². The summed E-state index contributed by atoms with van der Waals surface area (Å²) in [6, 6.07) is -1.84. The van der Waals surface area contributed by atoms with Crippen LogP contribution in [0.25, 0.3) is 0 Å². The lowest BCUT2D eigenvalue weighted by atomic mass is 10.3. The maximum atomic E-state index is 11.3. The maximum Gasteiger partial charge on any atom is 0.328 e. The Morgan fingerprint density at radius 3 is 2.58 bits per heavy atom. The number of carboxylic acids is 1. The minimum atomic E-state index is -1.26. The summed E-state index contributed by atoms with van der Waals surface area (Å²) in [5.74, 6) is -1.26. The first-order chi connectivity index (χ1) is 9.13. The Morgan fingerprint density at radius 1 is 1.32 bits per heavy atom. The number of ether oxygens (including phenoxy) is 1. The van der Waals surface area contributed by atoms with E-state index < -0.39 is 24.6 Å². The number of aliphatic hydroxyl groups excluding tert-OH is 1. The zero-order chi connectivity index (χ0) is 14.1. The van der Waals surface area contributed by atoms with Crippen molar-refractivity contribution < 1.29 is 24.5 Å². The molecule has 1 fully saturated rings. The molecule has 1 aliphatic heterocycles. The van der Waals surface area contributed by atoms with Crippen molar-refractivity contribution in [3.63, 3.8) is 0 Å². The highest BCUT2D eigenvalue weighted by Crippen LogP contribution is 1.97. The smallest absolute Gasteiger partial charge is 0.328 e. The van der Waals surface area contributed by atoms with Crippen LogP contribution in [0.15, 0.2) is 0 Å². The molecule has 0 aliphatic carbocycles. The van der Waals surface area contributed by atoms with Crippen LogP contribution in [0, 0.1) is 0 Å². The Balaban J connectivity index is 2.07. The van der Waals surface area contributed by atoms with Crippen molar-refractivity contribution >= 4 is 12.0 Å². The Hall–Kier alpha value is -1.38. The summed E-state index contributed by atoms with van der Waals surface area (Å²) in [5.41, 5.74) is 0.